The lowest BCUT2D eigenvalue weighted by atomic mass is 10.0. The van der Waals surface area contributed by atoms with E-state index in [1.54, 1.807) is 0 Å². The lowest BCUT2D eigenvalue weighted by Gasteiger charge is -2.27. The Labute approximate surface area is 413 Å². The molecule has 9 nitrogen and oxygen atoms in total. The van der Waals surface area contributed by atoms with Gasteiger partial charge in [0.25, 0.3) is 0 Å². The molecule has 3 atom stereocenters. The molecule has 390 valence electrons. The number of hydrogen-bond acceptors (Lipinski definition) is 6. The SMILES string of the molecule is CCCCC/C=C\C/C=C\C/C=C\C/C=C\CCCC(=O)NC(COP(=O)(O)OCC[N+](C)(C)C)C(/C=C/CCCCCCCCCCCCC)OC(=O)CCCCCCCCCCCCC. The molecule has 0 aromatic rings. The molecule has 0 heterocycles. The summed E-state index contributed by atoms with van der Waals surface area (Å²) in [7, 11) is 1.46. The summed E-state index contributed by atoms with van der Waals surface area (Å²) in [6.07, 6.45) is 57.9. The molecule has 67 heavy (non-hydrogen) atoms. The number of nitrogens with zero attached hydrogens (tertiary/aromatic N) is 1. The zero-order valence-corrected chi connectivity index (χ0v) is 45.3. The number of carbonyl (C=O) groups excluding carboxylic acids is 2. The predicted octanol–water partition coefficient (Wildman–Crippen LogP) is 16.3. The number of carbonyl (C=O) groups is 2. The van der Waals surface area contributed by atoms with Crippen LogP contribution in [0, 0.1) is 0 Å². The van der Waals surface area contributed by atoms with E-state index in [0.717, 1.165) is 64.2 Å². The summed E-state index contributed by atoms with van der Waals surface area (Å²) in [5, 5.41) is 3.01. The van der Waals surface area contributed by atoms with E-state index < -0.39 is 20.0 Å². The third-order valence-electron chi connectivity index (χ3n) is 12.0. The molecular formula is C57H106N2O7P+. The number of likely N-dealkylation sites (N-methyl/N-ethyl adjacent to an activating group) is 1. The average molecular weight is 962 g/mol. The minimum absolute atomic E-state index is 0.0298. The Kier molecular flexibility index (Phi) is 45.8. The van der Waals surface area contributed by atoms with E-state index in [1.165, 1.54) is 135 Å². The minimum atomic E-state index is -4.45. The Balaban J connectivity index is 5.48. The van der Waals surface area contributed by atoms with Crippen molar-refractivity contribution < 1.29 is 37.3 Å². The first kappa shape index (κ1) is 64.7. The van der Waals surface area contributed by atoms with E-state index in [1.807, 2.05) is 33.3 Å². The van der Waals surface area contributed by atoms with Crippen LogP contribution in [0.3, 0.4) is 0 Å². The Morgan fingerprint density at radius 1 is 0.522 bits per heavy atom. The highest BCUT2D eigenvalue weighted by molar-refractivity contribution is 7.47. The number of allylic oxidation sites excluding steroid dienone is 9. The Hall–Kier alpha value is -2.29. The van der Waals surface area contributed by atoms with Crippen molar-refractivity contribution >= 4 is 19.7 Å². The van der Waals surface area contributed by atoms with Gasteiger partial charge in [0.2, 0.25) is 5.91 Å². The van der Waals surface area contributed by atoms with Crippen molar-refractivity contribution in [2.45, 2.75) is 251 Å². The molecule has 0 aromatic carbocycles. The molecule has 0 aromatic heterocycles. The highest BCUT2D eigenvalue weighted by Crippen LogP contribution is 2.43. The molecule has 3 unspecified atom stereocenters. The third kappa shape index (κ3) is 48.5. The highest BCUT2D eigenvalue weighted by atomic mass is 31.2. The lowest BCUT2D eigenvalue weighted by Crippen LogP contribution is -2.47. The Morgan fingerprint density at radius 2 is 0.925 bits per heavy atom. The number of hydrogen-bond donors (Lipinski definition) is 2. The van der Waals surface area contributed by atoms with Crippen LogP contribution in [-0.4, -0.2) is 74.3 Å². The summed E-state index contributed by atoms with van der Waals surface area (Å²) in [4.78, 5) is 37.4. The van der Waals surface area contributed by atoms with E-state index in [2.05, 4.69) is 74.7 Å². The summed E-state index contributed by atoms with van der Waals surface area (Å²) in [5.41, 5.74) is 0. The topological polar surface area (TPSA) is 111 Å². The van der Waals surface area contributed by atoms with Crippen LogP contribution in [0.1, 0.15) is 239 Å². The van der Waals surface area contributed by atoms with Crippen LogP contribution in [-0.2, 0) is 27.9 Å². The normalized spacial score (nSPS) is 14.3. The fourth-order valence-electron chi connectivity index (χ4n) is 7.64. The molecule has 0 aliphatic carbocycles. The van der Waals surface area contributed by atoms with Crippen molar-refractivity contribution in [2.75, 3.05) is 40.9 Å². The second-order valence-corrected chi connectivity index (χ2v) is 21.2. The smallest absolute Gasteiger partial charge is 0.456 e. The molecule has 1 amide bonds. The van der Waals surface area contributed by atoms with E-state index in [-0.39, 0.29) is 37.9 Å². The van der Waals surface area contributed by atoms with E-state index in [4.69, 9.17) is 13.8 Å². The maximum atomic E-state index is 13.4. The van der Waals surface area contributed by atoms with Gasteiger partial charge in [-0.05, 0) is 70.3 Å². The molecule has 2 N–H and O–H groups in total. The van der Waals surface area contributed by atoms with Gasteiger partial charge in [0.05, 0.1) is 33.8 Å². The molecule has 0 rings (SSSR count). The molecule has 0 saturated heterocycles. The number of phosphoric ester groups is 1. The van der Waals surface area contributed by atoms with Crippen molar-refractivity contribution in [3.8, 4) is 0 Å². The summed E-state index contributed by atoms with van der Waals surface area (Å²) in [5.74, 6) is -0.570. The summed E-state index contributed by atoms with van der Waals surface area (Å²) in [6, 6.07) is -0.874. The zero-order chi connectivity index (χ0) is 49.4. The van der Waals surface area contributed by atoms with Crippen LogP contribution in [0.2, 0.25) is 0 Å². The molecule has 0 aliphatic rings. The number of esters is 1. The third-order valence-corrected chi connectivity index (χ3v) is 12.9. The van der Waals surface area contributed by atoms with Gasteiger partial charge in [-0.1, -0.05) is 217 Å². The summed E-state index contributed by atoms with van der Waals surface area (Å²) < 4.78 is 30.5. The van der Waals surface area contributed by atoms with Gasteiger partial charge in [0, 0.05) is 12.8 Å². The first-order chi connectivity index (χ1) is 32.4. The van der Waals surface area contributed by atoms with Crippen LogP contribution in [0.25, 0.3) is 0 Å². The van der Waals surface area contributed by atoms with Crippen LogP contribution in [0.4, 0.5) is 0 Å². The summed E-state index contributed by atoms with van der Waals surface area (Å²) in [6.45, 7) is 6.93. The van der Waals surface area contributed by atoms with Crippen LogP contribution in [0.15, 0.2) is 60.8 Å². The number of phosphoric acid groups is 1. The fourth-order valence-corrected chi connectivity index (χ4v) is 8.37. The molecule has 0 saturated carbocycles. The van der Waals surface area contributed by atoms with Gasteiger partial charge in [0.1, 0.15) is 19.3 Å². The van der Waals surface area contributed by atoms with Crippen LogP contribution < -0.4 is 5.32 Å². The monoisotopic (exact) mass is 962 g/mol. The number of quaternary nitrogens is 1. The van der Waals surface area contributed by atoms with Gasteiger partial charge < -0.3 is 19.4 Å². The molecule has 0 fully saturated rings. The lowest BCUT2D eigenvalue weighted by molar-refractivity contribution is -0.870. The highest BCUT2D eigenvalue weighted by Gasteiger charge is 2.30. The fraction of sp³-hybridized carbons (Fsp3) is 0.789. The van der Waals surface area contributed by atoms with Gasteiger partial charge in [-0.25, -0.2) is 4.57 Å². The molecule has 0 spiro atoms. The molecule has 10 heteroatoms. The summed E-state index contributed by atoms with van der Waals surface area (Å²) >= 11 is 0. The molecule has 0 radical (unpaired) electrons. The standard InChI is InChI=1S/C57H105N2O7P/c1-7-10-13-16-19-22-25-27-28-29-30-32-35-37-40-43-46-49-56(60)58-54(53-65-67(62,63)64-52-51-59(4,5)6)55(48-45-42-39-36-34-31-26-23-20-17-14-11-8-2)66-57(61)50-47-44-41-38-33-24-21-18-15-12-9-3/h19,22,27-28,30,32,37,40,45,48,54-55H,7-18,20-21,23-26,29,31,33-36,38-39,41-44,46-47,49-53H2,1-6H3,(H-,58,60,62,63)/p+1/b22-19-,28-27-,32-30-,40-37-,48-45+. The van der Waals surface area contributed by atoms with Crippen molar-refractivity contribution in [3.05, 3.63) is 60.8 Å². The van der Waals surface area contributed by atoms with E-state index >= 15 is 0 Å². The van der Waals surface area contributed by atoms with Crippen molar-refractivity contribution in [1.82, 2.24) is 5.32 Å². The second kappa shape index (κ2) is 47.4. The maximum absolute atomic E-state index is 13.4. The maximum Gasteiger partial charge on any atom is 0.472 e. The molecular weight excluding hydrogens is 856 g/mol. The zero-order valence-electron chi connectivity index (χ0n) is 44.4. The van der Waals surface area contributed by atoms with E-state index in [9.17, 15) is 19.0 Å². The second-order valence-electron chi connectivity index (χ2n) is 19.8. The number of rotatable bonds is 49. The quantitative estimate of drug-likeness (QED) is 0.0205. The van der Waals surface area contributed by atoms with Gasteiger partial charge in [0.15, 0.2) is 0 Å². The van der Waals surface area contributed by atoms with Gasteiger partial charge in [-0.15, -0.1) is 0 Å². The first-order valence-electron chi connectivity index (χ1n) is 27.6. The number of unbranched alkanes of at least 4 members (excludes halogenated alkanes) is 25. The molecule has 0 bridgehead atoms. The van der Waals surface area contributed by atoms with Crippen molar-refractivity contribution in [3.63, 3.8) is 0 Å². The van der Waals surface area contributed by atoms with E-state index in [0.29, 0.717) is 17.4 Å². The van der Waals surface area contributed by atoms with Crippen LogP contribution in [0.5, 0.6) is 0 Å². The van der Waals surface area contributed by atoms with Gasteiger partial charge in [-0.2, -0.15) is 0 Å². The Morgan fingerprint density at radius 3 is 1.42 bits per heavy atom. The number of nitrogens with one attached hydrogen (secondary N) is 1. The average Bonchev–Trinajstić information content (AvgIpc) is 3.28. The molecule has 0 aliphatic heterocycles. The van der Waals surface area contributed by atoms with Gasteiger partial charge >= 0.3 is 13.8 Å². The number of amides is 1. The first-order valence-corrected chi connectivity index (χ1v) is 29.1. The predicted molar refractivity (Wildman–Crippen MR) is 286 cm³/mol. The Bertz CT molecular complexity index is 1340. The van der Waals surface area contributed by atoms with Crippen molar-refractivity contribution in [1.29, 1.82) is 0 Å². The van der Waals surface area contributed by atoms with Crippen molar-refractivity contribution in [2.24, 2.45) is 0 Å². The van der Waals surface area contributed by atoms with Crippen LogP contribution >= 0.6 is 7.82 Å². The largest absolute Gasteiger partial charge is 0.472 e. The number of ether oxygens (including phenoxy) is 1. The minimum Gasteiger partial charge on any atom is -0.456 e. The van der Waals surface area contributed by atoms with Gasteiger partial charge in [-0.3, -0.25) is 18.6 Å².